The number of rotatable bonds is 2. The summed E-state index contributed by atoms with van der Waals surface area (Å²) in [6.45, 7) is 0. The summed E-state index contributed by atoms with van der Waals surface area (Å²) in [6, 6.07) is 5.98. The highest BCUT2D eigenvalue weighted by Gasteiger charge is 2.16. The molecule has 0 aliphatic rings. The molecule has 1 aromatic rings. The molecule has 0 amide bonds. The average molecular weight is 207 g/mol. The standard InChI is InChI=1S/C8H5Cl2FO/c9-6-3-1-2-5(4-6)7(11)8(10)12/h1-4,7H. The number of carbonyl (C=O) groups excluding carboxylic acids is 1. The van der Waals surface area contributed by atoms with Gasteiger partial charge >= 0.3 is 0 Å². The lowest BCUT2D eigenvalue weighted by molar-refractivity contribution is -0.116. The summed E-state index contributed by atoms with van der Waals surface area (Å²) in [4.78, 5) is 10.4. The number of halogens is 3. The Bertz CT molecular complexity index is 301. The van der Waals surface area contributed by atoms with Gasteiger partial charge in [0.1, 0.15) is 0 Å². The van der Waals surface area contributed by atoms with Crippen molar-refractivity contribution in [3.05, 3.63) is 34.9 Å². The van der Waals surface area contributed by atoms with Crippen molar-refractivity contribution < 1.29 is 9.18 Å². The van der Waals surface area contributed by atoms with Crippen LogP contribution in [0.25, 0.3) is 0 Å². The van der Waals surface area contributed by atoms with E-state index in [1.54, 1.807) is 12.1 Å². The van der Waals surface area contributed by atoms with Crippen LogP contribution >= 0.6 is 23.2 Å². The SMILES string of the molecule is O=C(Cl)C(F)c1cccc(Cl)c1. The molecular formula is C8H5Cl2FO. The van der Waals surface area contributed by atoms with Gasteiger partial charge < -0.3 is 0 Å². The van der Waals surface area contributed by atoms with Crippen LogP contribution in [0.2, 0.25) is 5.02 Å². The van der Waals surface area contributed by atoms with Gasteiger partial charge in [0, 0.05) is 5.02 Å². The molecule has 1 nitrogen and oxygen atoms in total. The zero-order valence-corrected chi connectivity index (χ0v) is 7.44. The van der Waals surface area contributed by atoms with Gasteiger partial charge in [-0.1, -0.05) is 23.7 Å². The van der Waals surface area contributed by atoms with Crippen LogP contribution in [-0.2, 0) is 4.79 Å². The molecule has 0 aliphatic heterocycles. The molecular weight excluding hydrogens is 202 g/mol. The molecule has 0 radical (unpaired) electrons. The van der Waals surface area contributed by atoms with Crippen molar-refractivity contribution in [3.63, 3.8) is 0 Å². The normalized spacial score (nSPS) is 12.6. The third-order valence-electron chi connectivity index (χ3n) is 1.34. The highest BCUT2D eigenvalue weighted by atomic mass is 35.5. The van der Waals surface area contributed by atoms with Gasteiger partial charge in [0.05, 0.1) is 0 Å². The monoisotopic (exact) mass is 206 g/mol. The maximum atomic E-state index is 12.9. The topological polar surface area (TPSA) is 17.1 Å². The van der Waals surface area contributed by atoms with Crippen molar-refractivity contribution in [2.24, 2.45) is 0 Å². The van der Waals surface area contributed by atoms with Gasteiger partial charge in [-0.3, -0.25) is 4.79 Å². The molecule has 12 heavy (non-hydrogen) atoms. The first-order valence-electron chi connectivity index (χ1n) is 3.20. The largest absolute Gasteiger partial charge is 0.278 e. The van der Waals surface area contributed by atoms with Crippen LogP contribution in [0.3, 0.4) is 0 Å². The van der Waals surface area contributed by atoms with Gasteiger partial charge in [-0.05, 0) is 29.3 Å². The van der Waals surface area contributed by atoms with Crippen molar-refractivity contribution in [2.45, 2.75) is 6.17 Å². The van der Waals surface area contributed by atoms with Gasteiger partial charge in [-0.15, -0.1) is 0 Å². The van der Waals surface area contributed by atoms with Gasteiger partial charge in [-0.25, -0.2) is 4.39 Å². The van der Waals surface area contributed by atoms with E-state index in [9.17, 15) is 9.18 Å². The molecule has 0 bridgehead atoms. The minimum atomic E-state index is -1.79. The Kier molecular flexibility index (Phi) is 3.06. The highest BCUT2D eigenvalue weighted by Crippen LogP contribution is 2.22. The number of hydrogen-bond acceptors (Lipinski definition) is 1. The second kappa shape index (κ2) is 3.87. The molecule has 1 unspecified atom stereocenters. The fraction of sp³-hybridized carbons (Fsp3) is 0.125. The van der Waals surface area contributed by atoms with Crippen LogP contribution in [0, 0.1) is 0 Å². The first-order valence-corrected chi connectivity index (χ1v) is 3.95. The number of hydrogen-bond donors (Lipinski definition) is 0. The molecule has 0 saturated carbocycles. The van der Waals surface area contributed by atoms with Crippen molar-refractivity contribution >= 4 is 28.4 Å². The number of alkyl halides is 1. The van der Waals surface area contributed by atoms with Crippen molar-refractivity contribution in [1.29, 1.82) is 0 Å². The summed E-state index contributed by atoms with van der Waals surface area (Å²) in [5, 5.41) is -0.648. The lowest BCUT2D eigenvalue weighted by Gasteiger charge is -2.02. The van der Waals surface area contributed by atoms with E-state index in [0.29, 0.717) is 5.02 Å². The van der Waals surface area contributed by atoms with Crippen LogP contribution in [0.15, 0.2) is 24.3 Å². The molecule has 0 fully saturated rings. The predicted molar refractivity (Wildman–Crippen MR) is 46.2 cm³/mol. The Labute approximate surface area is 79.1 Å². The van der Waals surface area contributed by atoms with E-state index >= 15 is 0 Å². The van der Waals surface area contributed by atoms with Crippen LogP contribution in [0.1, 0.15) is 11.7 Å². The summed E-state index contributed by atoms with van der Waals surface area (Å²) in [7, 11) is 0. The molecule has 4 heteroatoms. The van der Waals surface area contributed by atoms with E-state index in [-0.39, 0.29) is 5.56 Å². The Balaban J connectivity index is 2.95. The van der Waals surface area contributed by atoms with Crippen LogP contribution in [0.4, 0.5) is 4.39 Å². The molecule has 0 aliphatic carbocycles. The quantitative estimate of drug-likeness (QED) is 0.681. The fourth-order valence-electron chi connectivity index (χ4n) is 0.795. The molecule has 0 heterocycles. The van der Waals surface area contributed by atoms with Gasteiger partial charge in [0.25, 0.3) is 5.24 Å². The second-order valence-electron chi connectivity index (χ2n) is 2.22. The Morgan fingerprint density at radius 1 is 1.50 bits per heavy atom. The van der Waals surface area contributed by atoms with Gasteiger partial charge in [-0.2, -0.15) is 0 Å². The number of benzene rings is 1. The first-order chi connectivity index (χ1) is 5.61. The Morgan fingerprint density at radius 3 is 2.67 bits per heavy atom. The molecule has 0 N–H and O–H groups in total. The van der Waals surface area contributed by atoms with E-state index in [2.05, 4.69) is 0 Å². The second-order valence-corrected chi connectivity index (χ2v) is 3.03. The van der Waals surface area contributed by atoms with E-state index in [1.807, 2.05) is 0 Å². The lowest BCUT2D eigenvalue weighted by atomic mass is 10.1. The van der Waals surface area contributed by atoms with Gasteiger partial charge in [0.2, 0.25) is 0 Å². The maximum Gasteiger partial charge on any atom is 0.260 e. The van der Waals surface area contributed by atoms with Crippen molar-refractivity contribution in [2.75, 3.05) is 0 Å². The summed E-state index contributed by atoms with van der Waals surface area (Å²) < 4.78 is 12.9. The molecule has 1 atom stereocenters. The molecule has 0 spiro atoms. The fourth-order valence-corrected chi connectivity index (χ4v) is 1.12. The zero-order valence-electron chi connectivity index (χ0n) is 5.93. The Morgan fingerprint density at radius 2 is 2.17 bits per heavy atom. The zero-order chi connectivity index (χ0) is 9.14. The van der Waals surface area contributed by atoms with Crippen LogP contribution in [-0.4, -0.2) is 5.24 Å². The van der Waals surface area contributed by atoms with Crippen LogP contribution < -0.4 is 0 Å². The molecule has 1 rings (SSSR count). The summed E-state index contributed by atoms with van der Waals surface area (Å²) >= 11 is 10.5. The van der Waals surface area contributed by atoms with Gasteiger partial charge in [0.15, 0.2) is 6.17 Å². The minimum Gasteiger partial charge on any atom is -0.278 e. The van der Waals surface area contributed by atoms with Crippen LogP contribution in [0.5, 0.6) is 0 Å². The highest BCUT2D eigenvalue weighted by molar-refractivity contribution is 6.64. The van der Waals surface area contributed by atoms with E-state index < -0.39 is 11.4 Å². The first kappa shape index (κ1) is 9.49. The number of carbonyl (C=O) groups is 1. The summed E-state index contributed by atoms with van der Waals surface area (Å²) in [5.41, 5.74) is 0.183. The smallest absolute Gasteiger partial charge is 0.260 e. The molecule has 0 aromatic heterocycles. The summed E-state index contributed by atoms with van der Waals surface area (Å²) in [5.74, 6) is 0. The Hall–Kier alpha value is -0.600. The lowest BCUT2D eigenvalue weighted by Crippen LogP contribution is -1.99. The minimum absolute atomic E-state index is 0.183. The maximum absolute atomic E-state index is 12.9. The summed E-state index contributed by atoms with van der Waals surface area (Å²) in [6.07, 6.45) is -1.79. The van der Waals surface area contributed by atoms with Crippen molar-refractivity contribution in [1.82, 2.24) is 0 Å². The average Bonchev–Trinajstić information content (AvgIpc) is 2.03. The third-order valence-corrected chi connectivity index (χ3v) is 1.77. The van der Waals surface area contributed by atoms with E-state index in [4.69, 9.17) is 23.2 Å². The molecule has 0 saturated heterocycles. The van der Waals surface area contributed by atoms with E-state index in [0.717, 1.165) is 0 Å². The van der Waals surface area contributed by atoms with E-state index in [1.165, 1.54) is 12.1 Å². The molecule has 64 valence electrons. The predicted octanol–water partition coefficient (Wildman–Crippen LogP) is 3.12. The molecule has 1 aromatic carbocycles. The van der Waals surface area contributed by atoms with Crippen molar-refractivity contribution in [3.8, 4) is 0 Å². The third kappa shape index (κ3) is 2.19.